The number of ether oxygens (including phenoxy) is 1. The summed E-state index contributed by atoms with van der Waals surface area (Å²) in [6.45, 7) is 9.87. The summed E-state index contributed by atoms with van der Waals surface area (Å²) in [5.41, 5.74) is 0.556. The normalized spacial score (nSPS) is 15.6. The van der Waals surface area contributed by atoms with Gasteiger partial charge in [-0.1, -0.05) is 6.08 Å². The van der Waals surface area contributed by atoms with Crippen LogP contribution < -0.4 is 0 Å². The van der Waals surface area contributed by atoms with Gasteiger partial charge in [0.15, 0.2) is 0 Å². The molecular formula is C11H17NO2. The average Bonchev–Trinajstić information content (AvgIpc) is 1.93. The molecule has 1 aliphatic rings. The molecule has 0 spiro atoms. The summed E-state index contributed by atoms with van der Waals surface area (Å²) >= 11 is 0. The lowest BCUT2D eigenvalue weighted by atomic mass is 10.1. The van der Waals surface area contributed by atoms with E-state index in [-0.39, 0.29) is 6.09 Å². The first-order valence-corrected chi connectivity index (χ1v) is 4.74. The highest BCUT2D eigenvalue weighted by Crippen LogP contribution is 2.21. The maximum absolute atomic E-state index is 11.6. The molecule has 0 radical (unpaired) electrons. The van der Waals surface area contributed by atoms with E-state index in [1.807, 2.05) is 26.8 Å². The quantitative estimate of drug-likeness (QED) is 0.634. The fraction of sp³-hybridized carbons (Fsp3) is 0.545. The average molecular weight is 195 g/mol. The highest BCUT2D eigenvalue weighted by molar-refractivity contribution is 5.72. The number of amides is 1. The number of allylic oxidation sites excluding steroid dienone is 1. The maximum atomic E-state index is 11.6. The van der Waals surface area contributed by atoms with Gasteiger partial charge in [-0.3, -0.25) is 4.90 Å². The van der Waals surface area contributed by atoms with Gasteiger partial charge < -0.3 is 4.74 Å². The van der Waals surface area contributed by atoms with Crippen molar-refractivity contribution in [1.82, 2.24) is 4.90 Å². The zero-order valence-electron chi connectivity index (χ0n) is 9.04. The molecule has 1 aliphatic heterocycles. The van der Waals surface area contributed by atoms with Crippen LogP contribution >= 0.6 is 0 Å². The Labute approximate surface area is 85.0 Å². The standard InChI is InChI=1S/C11H17NO2/c1-5-6-9-7-8-12(9)10(13)14-11(2,3)4/h5,7H,1,6,8H2,2-4H3. The lowest BCUT2D eigenvalue weighted by Crippen LogP contribution is -2.40. The van der Waals surface area contributed by atoms with Crippen LogP contribution in [0.2, 0.25) is 0 Å². The molecule has 0 aromatic heterocycles. The summed E-state index contributed by atoms with van der Waals surface area (Å²) < 4.78 is 5.23. The van der Waals surface area contributed by atoms with E-state index in [1.54, 1.807) is 11.0 Å². The SMILES string of the molecule is C=CCC1=CCN1C(=O)OC(C)(C)C. The first kappa shape index (κ1) is 10.8. The van der Waals surface area contributed by atoms with Crippen molar-refractivity contribution in [2.24, 2.45) is 0 Å². The second-order valence-electron chi connectivity index (χ2n) is 4.28. The van der Waals surface area contributed by atoms with E-state index in [4.69, 9.17) is 4.74 Å². The summed E-state index contributed by atoms with van der Waals surface area (Å²) in [7, 11) is 0. The number of nitrogens with zero attached hydrogens (tertiary/aromatic N) is 1. The van der Waals surface area contributed by atoms with Gasteiger partial charge in [0.1, 0.15) is 5.60 Å². The molecule has 0 fully saturated rings. The number of rotatable bonds is 2. The molecule has 3 heteroatoms. The first-order valence-electron chi connectivity index (χ1n) is 4.74. The van der Waals surface area contributed by atoms with Crippen molar-refractivity contribution in [3.8, 4) is 0 Å². The van der Waals surface area contributed by atoms with Crippen LogP contribution in [0.25, 0.3) is 0 Å². The van der Waals surface area contributed by atoms with E-state index in [0.29, 0.717) is 6.54 Å². The Kier molecular flexibility index (Phi) is 2.99. The van der Waals surface area contributed by atoms with Gasteiger partial charge in [0, 0.05) is 18.7 Å². The predicted octanol–water partition coefficient (Wildman–Crippen LogP) is 2.70. The predicted molar refractivity (Wildman–Crippen MR) is 55.8 cm³/mol. The van der Waals surface area contributed by atoms with Crippen LogP contribution in [0.3, 0.4) is 0 Å². The molecule has 0 bridgehead atoms. The minimum atomic E-state index is -0.425. The molecule has 1 amide bonds. The molecule has 3 nitrogen and oxygen atoms in total. The fourth-order valence-corrected chi connectivity index (χ4v) is 1.16. The monoisotopic (exact) mass is 195 g/mol. The minimum Gasteiger partial charge on any atom is -0.443 e. The van der Waals surface area contributed by atoms with E-state index in [1.165, 1.54) is 0 Å². The molecule has 0 saturated carbocycles. The van der Waals surface area contributed by atoms with E-state index < -0.39 is 5.60 Å². The molecule has 0 atom stereocenters. The van der Waals surface area contributed by atoms with Crippen LogP contribution in [0.4, 0.5) is 4.79 Å². The van der Waals surface area contributed by atoms with Gasteiger partial charge in [-0.2, -0.15) is 0 Å². The second-order valence-corrected chi connectivity index (χ2v) is 4.28. The summed E-state index contributed by atoms with van der Waals surface area (Å²) in [6.07, 6.45) is 4.24. The van der Waals surface area contributed by atoms with Gasteiger partial charge in [0.2, 0.25) is 0 Å². The molecule has 0 aromatic rings. The largest absolute Gasteiger partial charge is 0.443 e. The summed E-state index contributed by atoms with van der Waals surface area (Å²) in [6, 6.07) is 0. The van der Waals surface area contributed by atoms with Crippen molar-refractivity contribution in [3.05, 3.63) is 24.4 Å². The van der Waals surface area contributed by atoms with Crippen LogP contribution in [-0.2, 0) is 4.74 Å². The molecule has 1 rings (SSSR count). The minimum absolute atomic E-state index is 0.267. The Balaban J connectivity index is 2.49. The summed E-state index contributed by atoms with van der Waals surface area (Å²) in [5.74, 6) is 0. The number of carbonyl (C=O) groups excluding carboxylic acids is 1. The third kappa shape index (κ3) is 2.62. The maximum Gasteiger partial charge on any atom is 0.414 e. The Morgan fingerprint density at radius 1 is 1.71 bits per heavy atom. The van der Waals surface area contributed by atoms with Crippen molar-refractivity contribution >= 4 is 6.09 Å². The third-order valence-electron chi connectivity index (χ3n) is 1.82. The summed E-state index contributed by atoms with van der Waals surface area (Å²) in [4.78, 5) is 13.2. The number of hydrogen-bond donors (Lipinski definition) is 0. The van der Waals surface area contributed by atoms with Gasteiger partial charge >= 0.3 is 6.09 Å². The highest BCUT2D eigenvalue weighted by Gasteiger charge is 2.27. The van der Waals surface area contributed by atoms with Gasteiger partial charge in [-0.15, -0.1) is 6.58 Å². The van der Waals surface area contributed by atoms with Crippen molar-refractivity contribution in [2.75, 3.05) is 6.54 Å². The highest BCUT2D eigenvalue weighted by atomic mass is 16.6. The van der Waals surface area contributed by atoms with Crippen LogP contribution in [0.1, 0.15) is 27.2 Å². The molecule has 0 unspecified atom stereocenters. The number of hydrogen-bond acceptors (Lipinski definition) is 2. The van der Waals surface area contributed by atoms with Crippen molar-refractivity contribution in [2.45, 2.75) is 32.8 Å². The third-order valence-corrected chi connectivity index (χ3v) is 1.82. The van der Waals surface area contributed by atoms with Gasteiger partial charge in [0.05, 0.1) is 0 Å². The van der Waals surface area contributed by atoms with Crippen molar-refractivity contribution in [1.29, 1.82) is 0 Å². The van der Waals surface area contributed by atoms with Crippen LogP contribution in [-0.4, -0.2) is 23.1 Å². The van der Waals surface area contributed by atoms with Crippen LogP contribution in [0.5, 0.6) is 0 Å². The van der Waals surface area contributed by atoms with Crippen molar-refractivity contribution < 1.29 is 9.53 Å². The molecule has 0 aromatic carbocycles. The zero-order chi connectivity index (χ0) is 10.8. The molecule has 0 N–H and O–H groups in total. The molecule has 0 saturated heterocycles. The smallest absolute Gasteiger partial charge is 0.414 e. The Bertz CT molecular complexity index is 274. The molecule has 1 heterocycles. The number of carbonyl (C=O) groups is 1. The van der Waals surface area contributed by atoms with Crippen LogP contribution in [0.15, 0.2) is 24.4 Å². The van der Waals surface area contributed by atoms with Crippen LogP contribution in [0, 0.1) is 0 Å². The summed E-state index contributed by atoms with van der Waals surface area (Å²) in [5, 5.41) is 0. The van der Waals surface area contributed by atoms with E-state index in [0.717, 1.165) is 12.1 Å². The van der Waals surface area contributed by atoms with Gasteiger partial charge in [-0.25, -0.2) is 4.79 Å². The van der Waals surface area contributed by atoms with Gasteiger partial charge in [-0.05, 0) is 26.8 Å². The van der Waals surface area contributed by atoms with Gasteiger partial charge in [0.25, 0.3) is 0 Å². The lowest BCUT2D eigenvalue weighted by Gasteiger charge is -2.33. The Morgan fingerprint density at radius 2 is 2.36 bits per heavy atom. The molecule has 78 valence electrons. The first-order chi connectivity index (χ1) is 6.44. The van der Waals surface area contributed by atoms with E-state index >= 15 is 0 Å². The molecular weight excluding hydrogens is 178 g/mol. The zero-order valence-corrected chi connectivity index (χ0v) is 9.04. The topological polar surface area (TPSA) is 29.5 Å². The van der Waals surface area contributed by atoms with E-state index in [2.05, 4.69) is 6.58 Å². The molecule has 0 aliphatic carbocycles. The molecule has 14 heavy (non-hydrogen) atoms. The Hall–Kier alpha value is -1.25. The Morgan fingerprint density at radius 3 is 2.71 bits per heavy atom. The fourth-order valence-electron chi connectivity index (χ4n) is 1.16. The second kappa shape index (κ2) is 3.86. The van der Waals surface area contributed by atoms with E-state index in [9.17, 15) is 4.79 Å². The van der Waals surface area contributed by atoms with Crippen molar-refractivity contribution in [3.63, 3.8) is 0 Å². The lowest BCUT2D eigenvalue weighted by molar-refractivity contribution is 0.0296.